The fourth-order valence-electron chi connectivity index (χ4n) is 3.27. The Bertz CT molecular complexity index is 901. The van der Waals surface area contributed by atoms with Crippen molar-refractivity contribution in [2.45, 2.75) is 26.3 Å². The summed E-state index contributed by atoms with van der Waals surface area (Å²) >= 11 is 0. The third-order valence-electron chi connectivity index (χ3n) is 4.91. The molecule has 2 aromatic rings. The van der Waals surface area contributed by atoms with Crippen LogP contribution in [0.2, 0.25) is 0 Å². The zero-order chi connectivity index (χ0) is 21.5. The molecule has 0 aromatic heterocycles. The van der Waals surface area contributed by atoms with Crippen LogP contribution in [0.4, 0.5) is 0 Å². The molecule has 160 valence electrons. The molecule has 0 spiro atoms. The summed E-state index contributed by atoms with van der Waals surface area (Å²) < 4.78 is 16.5. The van der Waals surface area contributed by atoms with Gasteiger partial charge in [-0.2, -0.15) is 0 Å². The zero-order valence-electron chi connectivity index (χ0n) is 17.5. The summed E-state index contributed by atoms with van der Waals surface area (Å²) in [6.45, 7) is 2.83. The third kappa shape index (κ3) is 4.83. The van der Waals surface area contributed by atoms with Crippen LogP contribution >= 0.6 is 0 Å². The average molecular weight is 413 g/mol. The molecule has 1 aliphatic heterocycles. The summed E-state index contributed by atoms with van der Waals surface area (Å²) in [6, 6.07) is 11.5. The van der Waals surface area contributed by atoms with Crippen LogP contribution in [-0.2, 0) is 17.8 Å². The smallest absolute Gasteiger partial charge is 0.269 e. The molecule has 8 nitrogen and oxygen atoms in total. The summed E-state index contributed by atoms with van der Waals surface area (Å²) in [5, 5.41) is 0. The largest absolute Gasteiger partial charge is 0.492 e. The highest BCUT2D eigenvalue weighted by Gasteiger charge is 2.29. The van der Waals surface area contributed by atoms with Crippen molar-refractivity contribution in [1.82, 2.24) is 15.8 Å². The van der Waals surface area contributed by atoms with Crippen LogP contribution in [0.25, 0.3) is 0 Å². The summed E-state index contributed by atoms with van der Waals surface area (Å²) in [4.78, 5) is 26.6. The predicted octanol–water partition coefficient (Wildman–Crippen LogP) is 2.27. The number of benzene rings is 2. The van der Waals surface area contributed by atoms with E-state index in [1.165, 1.54) is 7.11 Å². The fraction of sp³-hybridized carbons (Fsp3) is 0.364. The van der Waals surface area contributed by atoms with E-state index in [2.05, 4.69) is 10.9 Å². The van der Waals surface area contributed by atoms with Gasteiger partial charge in [0, 0.05) is 26.6 Å². The molecule has 0 atom stereocenters. The summed E-state index contributed by atoms with van der Waals surface area (Å²) in [5.74, 6) is 0.954. The summed E-state index contributed by atoms with van der Waals surface area (Å²) in [5.41, 5.74) is 7.79. The van der Waals surface area contributed by atoms with Gasteiger partial charge in [-0.25, -0.2) is 5.43 Å². The number of hydrogen-bond donors (Lipinski definition) is 2. The lowest BCUT2D eigenvalue weighted by Gasteiger charge is -2.19. The van der Waals surface area contributed by atoms with Crippen LogP contribution in [-0.4, -0.2) is 44.2 Å². The lowest BCUT2D eigenvalue weighted by atomic mass is 10.0. The number of ether oxygens (including phenoxy) is 3. The zero-order valence-corrected chi connectivity index (χ0v) is 17.5. The molecule has 2 aromatic carbocycles. The molecule has 8 heteroatoms. The van der Waals surface area contributed by atoms with Gasteiger partial charge in [0.2, 0.25) is 18.4 Å². The number of nitrogens with zero attached hydrogens (tertiary/aromatic N) is 1. The van der Waals surface area contributed by atoms with E-state index >= 15 is 0 Å². The molecule has 3 rings (SSSR count). The molecular weight excluding hydrogens is 386 g/mol. The van der Waals surface area contributed by atoms with Gasteiger partial charge in [0.25, 0.3) is 5.91 Å². The second-order valence-corrected chi connectivity index (χ2v) is 6.89. The Morgan fingerprint density at radius 3 is 2.67 bits per heavy atom. The number of fused-ring (bicyclic) bond motifs is 1. The first kappa shape index (κ1) is 21.4. The minimum Gasteiger partial charge on any atom is -0.492 e. The van der Waals surface area contributed by atoms with Crippen molar-refractivity contribution in [3.63, 3.8) is 0 Å². The molecule has 0 unspecified atom stereocenters. The van der Waals surface area contributed by atoms with Gasteiger partial charge in [-0.3, -0.25) is 15.0 Å². The number of carbonyl (C=O) groups excluding carboxylic acids is 2. The third-order valence-corrected chi connectivity index (χ3v) is 4.91. The maximum atomic E-state index is 13.0. The normalized spacial score (nSPS) is 11.8. The van der Waals surface area contributed by atoms with Crippen LogP contribution in [0, 0.1) is 0 Å². The molecule has 30 heavy (non-hydrogen) atoms. The SMILES string of the molecule is CCC(=O)N(C)CCc1cc2c(c(OC)c1C(=O)NNCc1ccccc1)OCO2. The molecule has 0 saturated heterocycles. The molecule has 0 aliphatic carbocycles. The maximum Gasteiger partial charge on any atom is 0.269 e. The van der Waals surface area contributed by atoms with E-state index in [9.17, 15) is 9.59 Å². The Kier molecular flexibility index (Phi) is 7.13. The van der Waals surface area contributed by atoms with Gasteiger partial charge in [0.05, 0.1) is 12.7 Å². The second kappa shape index (κ2) is 9.98. The molecule has 2 amide bonds. The van der Waals surface area contributed by atoms with E-state index in [0.717, 1.165) is 5.56 Å². The van der Waals surface area contributed by atoms with Gasteiger partial charge in [0.15, 0.2) is 11.5 Å². The number of hydrazine groups is 1. The topological polar surface area (TPSA) is 89.1 Å². The Morgan fingerprint density at radius 1 is 1.20 bits per heavy atom. The minimum atomic E-state index is -0.347. The minimum absolute atomic E-state index is 0.0400. The molecule has 0 bridgehead atoms. The molecule has 1 heterocycles. The first-order chi connectivity index (χ1) is 14.5. The maximum absolute atomic E-state index is 13.0. The Morgan fingerprint density at radius 2 is 1.97 bits per heavy atom. The number of methoxy groups -OCH3 is 1. The molecule has 0 fully saturated rings. The van der Waals surface area contributed by atoms with Crippen molar-refractivity contribution >= 4 is 11.8 Å². The molecule has 2 N–H and O–H groups in total. The molecule has 0 radical (unpaired) electrons. The van der Waals surface area contributed by atoms with E-state index in [-0.39, 0.29) is 18.6 Å². The Balaban J connectivity index is 1.81. The highest BCUT2D eigenvalue weighted by Crippen LogP contribution is 2.45. The second-order valence-electron chi connectivity index (χ2n) is 6.89. The van der Waals surface area contributed by atoms with Crippen molar-refractivity contribution in [2.75, 3.05) is 27.5 Å². The van der Waals surface area contributed by atoms with E-state index in [1.807, 2.05) is 37.3 Å². The van der Waals surface area contributed by atoms with Crippen molar-refractivity contribution in [1.29, 1.82) is 0 Å². The number of carbonyl (C=O) groups is 2. The Hall–Kier alpha value is -3.26. The molecular formula is C22H27N3O5. The lowest BCUT2D eigenvalue weighted by molar-refractivity contribution is -0.129. The van der Waals surface area contributed by atoms with Crippen LogP contribution in [0.5, 0.6) is 17.2 Å². The van der Waals surface area contributed by atoms with Gasteiger partial charge in [-0.1, -0.05) is 37.3 Å². The fourth-order valence-corrected chi connectivity index (χ4v) is 3.27. The quantitative estimate of drug-likeness (QED) is 0.613. The van der Waals surface area contributed by atoms with Crippen LogP contribution in [0.3, 0.4) is 0 Å². The number of likely N-dealkylation sites (N-methyl/N-ethyl adjacent to an activating group) is 1. The summed E-state index contributed by atoms with van der Waals surface area (Å²) in [6.07, 6.45) is 0.897. The van der Waals surface area contributed by atoms with Gasteiger partial charge < -0.3 is 19.1 Å². The van der Waals surface area contributed by atoms with E-state index in [1.54, 1.807) is 18.0 Å². The first-order valence-corrected chi connectivity index (χ1v) is 9.85. The van der Waals surface area contributed by atoms with Crippen LogP contribution in [0.15, 0.2) is 36.4 Å². The van der Waals surface area contributed by atoms with E-state index in [0.29, 0.717) is 54.3 Å². The Labute approximate surface area is 176 Å². The van der Waals surface area contributed by atoms with Gasteiger partial charge in [-0.15, -0.1) is 0 Å². The molecule has 1 aliphatic rings. The van der Waals surface area contributed by atoms with Crippen molar-refractivity contribution in [2.24, 2.45) is 0 Å². The predicted molar refractivity (Wildman–Crippen MR) is 111 cm³/mol. The lowest BCUT2D eigenvalue weighted by Crippen LogP contribution is -2.37. The first-order valence-electron chi connectivity index (χ1n) is 9.85. The van der Waals surface area contributed by atoms with Crippen molar-refractivity contribution in [3.8, 4) is 17.2 Å². The van der Waals surface area contributed by atoms with Crippen molar-refractivity contribution < 1.29 is 23.8 Å². The number of rotatable bonds is 9. The number of nitrogens with one attached hydrogen (secondary N) is 2. The molecule has 0 saturated carbocycles. The van der Waals surface area contributed by atoms with Gasteiger partial charge in [0.1, 0.15) is 0 Å². The van der Waals surface area contributed by atoms with E-state index < -0.39 is 0 Å². The average Bonchev–Trinajstić information content (AvgIpc) is 3.24. The van der Waals surface area contributed by atoms with Gasteiger partial charge >= 0.3 is 0 Å². The van der Waals surface area contributed by atoms with E-state index in [4.69, 9.17) is 14.2 Å². The monoisotopic (exact) mass is 413 g/mol. The highest BCUT2D eigenvalue weighted by molar-refractivity contribution is 5.99. The number of hydrogen-bond acceptors (Lipinski definition) is 6. The number of amides is 2. The van der Waals surface area contributed by atoms with Crippen LogP contribution in [0.1, 0.15) is 34.8 Å². The summed E-state index contributed by atoms with van der Waals surface area (Å²) in [7, 11) is 3.24. The standard InChI is InChI=1S/C22H27N3O5/c1-4-18(26)25(2)11-10-16-12-17-20(30-14-29-17)21(28-3)19(16)22(27)24-23-13-15-8-6-5-7-9-15/h5-9,12,23H,4,10-11,13-14H2,1-3H3,(H,24,27). The van der Waals surface area contributed by atoms with Gasteiger partial charge in [-0.05, 0) is 23.6 Å². The van der Waals surface area contributed by atoms with Crippen LogP contribution < -0.4 is 25.1 Å². The highest BCUT2D eigenvalue weighted by atomic mass is 16.7. The van der Waals surface area contributed by atoms with Crippen molar-refractivity contribution in [3.05, 3.63) is 53.1 Å².